The van der Waals surface area contributed by atoms with Crippen LogP contribution in [0.2, 0.25) is 0 Å². The average Bonchev–Trinajstić information content (AvgIpc) is 2.36. The van der Waals surface area contributed by atoms with Gasteiger partial charge in [-0.15, -0.1) is 0 Å². The van der Waals surface area contributed by atoms with Gasteiger partial charge >= 0.3 is 6.18 Å². The molecule has 20 heavy (non-hydrogen) atoms. The molecule has 0 amide bonds. The molecule has 0 fully saturated rings. The van der Waals surface area contributed by atoms with E-state index in [9.17, 15) is 18.0 Å². The molecule has 0 heterocycles. The Morgan fingerprint density at radius 3 is 2.45 bits per heavy atom. The van der Waals surface area contributed by atoms with E-state index in [1.54, 1.807) is 13.0 Å². The fourth-order valence-electron chi connectivity index (χ4n) is 1.46. The van der Waals surface area contributed by atoms with Gasteiger partial charge in [-0.2, -0.15) is 13.2 Å². The van der Waals surface area contributed by atoms with Gasteiger partial charge in [0.05, 0.1) is 7.11 Å². The summed E-state index contributed by atoms with van der Waals surface area (Å²) in [5.41, 5.74) is -0.222. The van der Waals surface area contributed by atoms with Crippen molar-refractivity contribution < 1.29 is 22.8 Å². The van der Waals surface area contributed by atoms with E-state index in [1.165, 1.54) is 12.1 Å². The number of carbonyl (C=O) groups is 1. The summed E-state index contributed by atoms with van der Waals surface area (Å²) in [6.07, 6.45) is -4.16. The lowest BCUT2D eigenvalue weighted by Gasteiger charge is -2.21. The standard InChI is InChI=1S/C13H13BrF3NO2/c1-8-6-9(4-5-10(8)14)11(19)7-12(13(15,16)17)18(2)20-3/h4-7H,1-3H3. The molecule has 0 radical (unpaired) electrons. The highest BCUT2D eigenvalue weighted by Crippen LogP contribution is 2.28. The molecule has 3 nitrogen and oxygen atoms in total. The molecular formula is C13H13BrF3NO2. The lowest BCUT2D eigenvalue weighted by atomic mass is 10.1. The molecule has 0 unspecified atom stereocenters. The summed E-state index contributed by atoms with van der Waals surface area (Å²) in [4.78, 5) is 16.4. The van der Waals surface area contributed by atoms with Gasteiger partial charge < -0.3 is 0 Å². The summed E-state index contributed by atoms with van der Waals surface area (Å²) in [7, 11) is 2.17. The predicted molar refractivity (Wildman–Crippen MR) is 72.1 cm³/mol. The Morgan fingerprint density at radius 1 is 1.40 bits per heavy atom. The fraction of sp³-hybridized carbons (Fsp3) is 0.308. The van der Waals surface area contributed by atoms with Gasteiger partial charge in [0.25, 0.3) is 0 Å². The van der Waals surface area contributed by atoms with Gasteiger partial charge in [-0.3, -0.25) is 14.7 Å². The zero-order chi connectivity index (χ0) is 15.5. The van der Waals surface area contributed by atoms with Crippen molar-refractivity contribution in [3.8, 4) is 0 Å². The average molecular weight is 352 g/mol. The van der Waals surface area contributed by atoms with Crippen LogP contribution in [0.15, 0.2) is 34.4 Å². The molecule has 0 saturated heterocycles. The number of hydrogen-bond acceptors (Lipinski definition) is 3. The van der Waals surface area contributed by atoms with Crippen LogP contribution in [0.5, 0.6) is 0 Å². The molecule has 1 aromatic rings. The summed E-state index contributed by atoms with van der Waals surface area (Å²) in [5.74, 6) is -0.739. The molecular weight excluding hydrogens is 339 g/mol. The van der Waals surface area contributed by atoms with Gasteiger partial charge in [-0.05, 0) is 30.7 Å². The molecule has 0 atom stereocenters. The van der Waals surface area contributed by atoms with Crippen LogP contribution in [0.3, 0.4) is 0 Å². The number of benzene rings is 1. The molecule has 0 saturated carbocycles. The third-order valence-electron chi connectivity index (χ3n) is 2.61. The van der Waals surface area contributed by atoms with Gasteiger partial charge in [0.1, 0.15) is 5.70 Å². The Balaban J connectivity index is 3.17. The van der Waals surface area contributed by atoms with Crippen LogP contribution in [-0.4, -0.2) is 31.2 Å². The maximum atomic E-state index is 12.8. The minimum absolute atomic E-state index is 0.178. The van der Waals surface area contributed by atoms with E-state index < -0.39 is 17.7 Å². The number of aryl methyl sites for hydroxylation is 1. The van der Waals surface area contributed by atoms with Crippen LogP contribution in [0, 0.1) is 6.92 Å². The van der Waals surface area contributed by atoms with Crippen LogP contribution < -0.4 is 0 Å². The number of rotatable bonds is 4. The Kier molecular flexibility index (Phi) is 5.35. The van der Waals surface area contributed by atoms with Crippen LogP contribution >= 0.6 is 15.9 Å². The molecule has 7 heteroatoms. The van der Waals surface area contributed by atoms with Crippen molar-refractivity contribution in [3.63, 3.8) is 0 Å². The predicted octanol–water partition coefficient (Wildman–Crippen LogP) is 3.88. The Hall–Kier alpha value is -1.34. The van der Waals surface area contributed by atoms with Crippen molar-refractivity contribution in [2.75, 3.05) is 14.2 Å². The first-order valence-electron chi connectivity index (χ1n) is 5.54. The number of allylic oxidation sites excluding steroid dienone is 2. The van der Waals surface area contributed by atoms with E-state index >= 15 is 0 Å². The largest absolute Gasteiger partial charge is 0.433 e. The highest BCUT2D eigenvalue weighted by Gasteiger charge is 2.37. The smallest absolute Gasteiger partial charge is 0.289 e. The molecule has 0 aliphatic heterocycles. The number of hydrogen-bond donors (Lipinski definition) is 0. The summed E-state index contributed by atoms with van der Waals surface area (Å²) >= 11 is 3.26. The fourth-order valence-corrected chi connectivity index (χ4v) is 1.70. The number of nitrogens with zero attached hydrogens (tertiary/aromatic N) is 1. The highest BCUT2D eigenvalue weighted by molar-refractivity contribution is 9.10. The zero-order valence-electron chi connectivity index (χ0n) is 11.1. The maximum absolute atomic E-state index is 12.8. The summed E-state index contributed by atoms with van der Waals surface area (Å²) < 4.78 is 39.3. The Labute approximate surface area is 123 Å². The van der Waals surface area contributed by atoms with E-state index in [1.807, 2.05) is 0 Å². The topological polar surface area (TPSA) is 29.5 Å². The summed E-state index contributed by atoms with van der Waals surface area (Å²) in [6, 6.07) is 4.59. The molecule has 0 bridgehead atoms. The van der Waals surface area contributed by atoms with E-state index in [2.05, 4.69) is 20.8 Å². The van der Waals surface area contributed by atoms with Gasteiger partial charge in [0.2, 0.25) is 0 Å². The van der Waals surface area contributed by atoms with E-state index in [-0.39, 0.29) is 5.56 Å². The summed E-state index contributed by atoms with van der Waals surface area (Å²) in [5, 5.41) is 0.504. The van der Waals surface area contributed by atoms with E-state index in [0.29, 0.717) is 11.1 Å². The maximum Gasteiger partial charge on any atom is 0.433 e. The Bertz CT molecular complexity index is 541. The van der Waals surface area contributed by atoms with Crippen LogP contribution in [-0.2, 0) is 4.84 Å². The molecule has 0 spiro atoms. The lowest BCUT2D eigenvalue weighted by molar-refractivity contribution is -0.170. The van der Waals surface area contributed by atoms with Crippen LogP contribution in [0.4, 0.5) is 13.2 Å². The normalized spacial score (nSPS) is 12.4. The molecule has 110 valence electrons. The van der Waals surface area contributed by atoms with Gasteiger partial charge in [-0.1, -0.05) is 15.9 Å². The SMILES string of the molecule is CON(C)C(=CC(=O)c1ccc(Br)c(C)c1)C(F)(F)F. The first-order valence-corrected chi connectivity index (χ1v) is 6.33. The second kappa shape index (κ2) is 6.41. The third kappa shape index (κ3) is 4.08. The molecule has 0 aliphatic rings. The monoisotopic (exact) mass is 351 g/mol. The first kappa shape index (κ1) is 16.7. The number of hydroxylamine groups is 2. The van der Waals surface area contributed by atoms with Crippen molar-refractivity contribution in [2.24, 2.45) is 0 Å². The van der Waals surface area contributed by atoms with Crippen molar-refractivity contribution in [3.05, 3.63) is 45.6 Å². The highest BCUT2D eigenvalue weighted by atomic mass is 79.9. The minimum atomic E-state index is -4.68. The number of halogens is 4. The van der Waals surface area contributed by atoms with Gasteiger partial charge in [0.15, 0.2) is 5.78 Å². The van der Waals surface area contributed by atoms with Crippen molar-refractivity contribution in [1.82, 2.24) is 5.06 Å². The first-order chi connectivity index (χ1) is 9.16. The third-order valence-corrected chi connectivity index (χ3v) is 3.50. The molecule has 0 N–H and O–H groups in total. The molecule has 0 aromatic heterocycles. The van der Waals surface area contributed by atoms with Crippen LogP contribution in [0.1, 0.15) is 15.9 Å². The quantitative estimate of drug-likeness (QED) is 0.468. The second-order valence-corrected chi connectivity index (χ2v) is 4.89. The minimum Gasteiger partial charge on any atom is -0.289 e. The number of carbonyl (C=O) groups excluding carboxylic acids is 1. The number of alkyl halides is 3. The lowest BCUT2D eigenvalue weighted by Crippen LogP contribution is -2.28. The molecule has 1 rings (SSSR count). The van der Waals surface area contributed by atoms with Crippen LogP contribution in [0.25, 0.3) is 0 Å². The van der Waals surface area contributed by atoms with Crippen molar-refractivity contribution in [1.29, 1.82) is 0 Å². The zero-order valence-corrected chi connectivity index (χ0v) is 12.7. The van der Waals surface area contributed by atoms with Gasteiger partial charge in [-0.25, -0.2) is 0 Å². The summed E-state index contributed by atoms with van der Waals surface area (Å²) in [6.45, 7) is 1.75. The second-order valence-electron chi connectivity index (χ2n) is 4.04. The number of ketones is 1. The molecule has 1 aromatic carbocycles. The molecule has 0 aliphatic carbocycles. The van der Waals surface area contributed by atoms with Gasteiger partial charge in [0, 0.05) is 23.2 Å². The van der Waals surface area contributed by atoms with Crippen molar-refractivity contribution >= 4 is 21.7 Å². The van der Waals surface area contributed by atoms with E-state index in [4.69, 9.17) is 0 Å². The Morgan fingerprint density at radius 2 is 2.00 bits per heavy atom. The van der Waals surface area contributed by atoms with Crippen molar-refractivity contribution in [2.45, 2.75) is 13.1 Å². The van der Waals surface area contributed by atoms with E-state index in [0.717, 1.165) is 24.2 Å².